The maximum atomic E-state index is 15.0. The summed E-state index contributed by atoms with van der Waals surface area (Å²) in [6.45, 7) is 5.29. The number of ether oxygens (including phenoxy) is 3. The summed E-state index contributed by atoms with van der Waals surface area (Å²) in [5.41, 5.74) is -1.18. The summed E-state index contributed by atoms with van der Waals surface area (Å²) in [5, 5.41) is 0. The van der Waals surface area contributed by atoms with Gasteiger partial charge in [-0.15, -0.1) is 0 Å². The summed E-state index contributed by atoms with van der Waals surface area (Å²) < 4.78 is 140. The second kappa shape index (κ2) is 21.7. The van der Waals surface area contributed by atoms with Crippen LogP contribution in [0, 0.1) is 20.8 Å². The van der Waals surface area contributed by atoms with Crippen LogP contribution in [0.2, 0.25) is 0 Å². The summed E-state index contributed by atoms with van der Waals surface area (Å²) in [4.78, 5) is 44.1. The highest BCUT2D eigenvalue weighted by molar-refractivity contribution is 7.85. The minimum atomic E-state index is -5.86. The third-order valence-electron chi connectivity index (χ3n) is 13.0. The van der Waals surface area contributed by atoms with Crippen LogP contribution in [0.15, 0.2) is 205 Å². The zero-order valence-corrected chi connectivity index (χ0v) is 42.7. The van der Waals surface area contributed by atoms with E-state index in [-0.39, 0.29) is 56.7 Å². The molecule has 0 spiro atoms. The van der Waals surface area contributed by atoms with Gasteiger partial charge in [0.05, 0.1) is 6.20 Å². The number of hydrogen-bond acceptors (Lipinski definition) is 9. The molecule has 1 aromatic heterocycles. The first-order valence-corrected chi connectivity index (χ1v) is 25.5. The Labute approximate surface area is 449 Å². The van der Waals surface area contributed by atoms with Gasteiger partial charge in [0.2, 0.25) is 11.3 Å². The Bertz CT molecular complexity index is 3830. The molecule has 79 heavy (non-hydrogen) atoms. The molecule has 0 unspecified atom stereocenters. The fraction of sp³-hybridized carbons (Fsp3) is 0.0968. The van der Waals surface area contributed by atoms with Gasteiger partial charge in [-0.3, -0.25) is 18.9 Å². The molecule has 0 bridgehead atoms. The van der Waals surface area contributed by atoms with Gasteiger partial charge < -0.3 is 14.2 Å². The number of alkyl halides is 6. The van der Waals surface area contributed by atoms with E-state index in [1.807, 2.05) is 19.9 Å². The van der Waals surface area contributed by atoms with E-state index in [4.69, 9.17) is 14.2 Å². The highest BCUT2D eigenvalue weighted by atomic mass is 32.2. The molecule has 1 N–H and O–H groups in total. The van der Waals surface area contributed by atoms with E-state index < -0.39 is 39.0 Å². The summed E-state index contributed by atoms with van der Waals surface area (Å²) in [6, 6.07) is 45.0. The Hall–Kier alpha value is -9.19. The number of carbonyl (C=O) groups is 3. The number of benzene rings is 8. The minimum absolute atomic E-state index is 0.0464. The predicted molar refractivity (Wildman–Crippen MR) is 282 cm³/mol. The molecule has 0 aliphatic carbocycles. The molecular weight excluding hydrogens is 1050 g/mol. The van der Waals surface area contributed by atoms with E-state index in [1.54, 1.807) is 91.9 Å². The minimum Gasteiger partial charge on any atom is -0.457 e. The van der Waals surface area contributed by atoms with Gasteiger partial charge in [-0.2, -0.15) is 34.8 Å². The highest BCUT2D eigenvalue weighted by Gasteiger charge is 2.72. The van der Waals surface area contributed by atoms with Crippen molar-refractivity contribution in [1.82, 2.24) is 4.98 Å². The molecule has 0 amide bonds. The standard InChI is InChI=1S/C62H43F6NO9S/c1-37-4-7-41(8-5-37)56(70)43-13-23-48(24-14-43)76-50-29-19-46(20-30-50)60(61(63,64)65,62(66,67)68)47-21-31-51(32-22-47)77-49-25-15-44(16-26-49)57(71)42-11-9-40(10-12-42)54-33-6-38(2)34-55(54)58(72)45-17-27-52(28-18-45)78-59-39(3)35-53(36-69-59)79(73,74)75/h4-36H,1-3H3,(H,73,74,75). The van der Waals surface area contributed by atoms with Crippen molar-refractivity contribution in [1.29, 1.82) is 0 Å². The lowest BCUT2D eigenvalue weighted by Gasteiger charge is -2.38. The SMILES string of the molecule is Cc1ccc(C(=O)c2ccc(Oc3ccc(C(c4ccc(Oc5ccc(C(=O)c6ccc(-c7ccc(C)cc7C(=O)c7ccc(Oc8ncc(S(=O)(=O)O)cc8C)cc7)cc6)cc5)cc4)(C(F)(F)F)C(F)(F)F)cc3)cc2)cc1. The van der Waals surface area contributed by atoms with Crippen LogP contribution in [-0.4, -0.2) is 47.7 Å². The summed E-state index contributed by atoms with van der Waals surface area (Å²) in [5.74, 6) is -0.293. The van der Waals surface area contributed by atoms with E-state index in [2.05, 4.69) is 4.98 Å². The normalized spacial score (nSPS) is 11.9. The first kappa shape index (κ1) is 54.6. The second-order valence-electron chi connectivity index (χ2n) is 18.4. The molecule has 9 rings (SSSR count). The number of pyridine rings is 1. The van der Waals surface area contributed by atoms with Gasteiger partial charge in [-0.1, -0.05) is 96.1 Å². The maximum absolute atomic E-state index is 15.0. The van der Waals surface area contributed by atoms with Crippen molar-refractivity contribution in [3.63, 3.8) is 0 Å². The molecule has 398 valence electrons. The summed E-state index contributed by atoms with van der Waals surface area (Å²) in [6.07, 6.45) is -10.8. The average molecular weight is 1090 g/mol. The fourth-order valence-corrected chi connectivity index (χ4v) is 9.32. The number of ketones is 3. The van der Waals surface area contributed by atoms with Crippen molar-refractivity contribution in [3.8, 4) is 45.8 Å². The van der Waals surface area contributed by atoms with E-state index in [0.29, 0.717) is 74.5 Å². The van der Waals surface area contributed by atoms with Crippen molar-refractivity contribution >= 4 is 27.5 Å². The molecule has 0 fully saturated rings. The van der Waals surface area contributed by atoms with E-state index in [1.165, 1.54) is 54.6 Å². The third-order valence-corrected chi connectivity index (χ3v) is 13.8. The molecule has 17 heteroatoms. The molecule has 0 saturated heterocycles. The monoisotopic (exact) mass is 1090 g/mol. The maximum Gasteiger partial charge on any atom is 0.411 e. The molecule has 0 aliphatic rings. The largest absolute Gasteiger partial charge is 0.457 e. The van der Waals surface area contributed by atoms with Crippen molar-refractivity contribution in [3.05, 3.63) is 262 Å². The first-order chi connectivity index (χ1) is 37.5. The lowest BCUT2D eigenvalue weighted by Crippen LogP contribution is -2.54. The summed E-state index contributed by atoms with van der Waals surface area (Å²) in [7, 11) is -4.46. The lowest BCUT2D eigenvalue weighted by atomic mass is 9.73. The molecule has 10 nitrogen and oxygen atoms in total. The molecule has 1 heterocycles. The van der Waals surface area contributed by atoms with E-state index >= 15 is 26.3 Å². The third kappa shape index (κ3) is 11.6. The van der Waals surface area contributed by atoms with Gasteiger partial charge in [0.1, 0.15) is 33.6 Å². The van der Waals surface area contributed by atoms with Crippen molar-refractivity contribution in [2.75, 3.05) is 0 Å². The number of carbonyl (C=O) groups excluding carboxylic acids is 3. The van der Waals surface area contributed by atoms with Crippen LogP contribution in [0.1, 0.15) is 75.6 Å². The van der Waals surface area contributed by atoms with Gasteiger partial charge in [-0.25, -0.2) is 4.98 Å². The highest BCUT2D eigenvalue weighted by Crippen LogP contribution is 2.56. The van der Waals surface area contributed by atoms with Crippen LogP contribution in [0.25, 0.3) is 11.1 Å². The van der Waals surface area contributed by atoms with Crippen molar-refractivity contribution in [2.24, 2.45) is 0 Å². The van der Waals surface area contributed by atoms with Crippen LogP contribution in [0.3, 0.4) is 0 Å². The first-order valence-electron chi connectivity index (χ1n) is 24.0. The molecular formula is C62H43F6NO9S. The molecule has 0 aliphatic heterocycles. The number of nitrogens with zero attached hydrogens (tertiary/aromatic N) is 1. The Morgan fingerprint density at radius 2 is 0.797 bits per heavy atom. The lowest BCUT2D eigenvalue weighted by molar-refractivity contribution is -0.288. The number of aryl methyl sites for hydroxylation is 3. The Balaban J connectivity index is 0.856. The van der Waals surface area contributed by atoms with Crippen molar-refractivity contribution in [2.45, 2.75) is 43.4 Å². The number of halogens is 6. The average Bonchev–Trinajstić information content (AvgIpc) is 3.56. The smallest absolute Gasteiger partial charge is 0.411 e. The van der Waals surface area contributed by atoms with Crippen molar-refractivity contribution < 1.29 is 67.9 Å². The number of hydrogen-bond donors (Lipinski definition) is 1. The van der Waals surface area contributed by atoms with Gasteiger partial charge in [0, 0.05) is 38.9 Å². The number of rotatable bonds is 16. The Kier molecular flexibility index (Phi) is 15.0. The molecule has 0 radical (unpaired) electrons. The number of aromatic nitrogens is 1. The Morgan fingerprint density at radius 1 is 0.443 bits per heavy atom. The molecule has 8 aromatic carbocycles. The van der Waals surface area contributed by atoms with E-state index in [9.17, 15) is 27.4 Å². The predicted octanol–water partition coefficient (Wildman–Crippen LogP) is 15.4. The Morgan fingerprint density at radius 3 is 1.19 bits per heavy atom. The van der Waals surface area contributed by atoms with Crippen LogP contribution in [-0.2, 0) is 15.5 Å². The fourth-order valence-electron chi connectivity index (χ4n) is 8.81. The molecule has 0 saturated carbocycles. The van der Waals surface area contributed by atoms with Crippen LogP contribution < -0.4 is 14.2 Å². The summed E-state index contributed by atoms with van der Waals surface area (Å²) >= 11 is 0. The molecule has 9 aromatic rings. The van der Waals surface area contributed by atoms with Gasteiger partial charge in [-0.05, 0) is 152 Å². The molecule has 0 atom stereocenters. The zero-order chi connectivity index (χ0) is 56.4. The quantitative estimate of drug-likeness (QED) is 0.0563. The topological polar surface area (TPSA) is 146 Å². The van der Waals surface area contributed by atoms with Crippen LogP contribution >= 0.6 is 0 Å². The van der Waals surface area contributed by atoms with Gasteiger partial charge in [0.25, 0.3) is 10.1 Å². The van der Waals surface area contributed by atoms with Gasteiger partial charge in [0.15, 0.2) is 17.3 Å². The zero-order valence-electron chi connectivity index (χ0n) is 41.9. The van der Waals surface area contributed by atoms with Gasteiger partial charge >= 0.3 is 12.4 Å². The van der Waals surface area contributed by atoms with E-state index in [0.717, 1.165) is 41.6 Å². The van der Waals surface area contributed by atoms with Crippen LogP contribution in [0.4, 0.5) is 26.3 Å². The van der Waals surface area contributed by atoms with Crippen LogP contribution in [0.5, 0.6) is 34.6 Å². The second-order valence-corrected chi connectivity index (χ2v) is 19.8.